The SMILES string of the molecule is CNC(=O)CCNC(=O)C1C2CCC(C2)C1N.Cl. The van der Waals surface area contributed by atoms with E-state index in [0.29, 0.717) is 24.8 Å². The largest absolute Gasteiger partial charge is 0.359 e. The first kappa shape index (κ1) is 15.2. The Morgan fingerprint density at radius 1 is 1.28 bits per heavy atom. The maximum Gasteiger partial charge on any atom is 0.224 e. The van der Waals surface area contributed by atoms with Crippen LogP contribution in [0.1, 0.15) is 25.7 Å². The van der Waals surface area contributed by atoms with Gasteiger partial charge in [0.1, 0.15) is 0 Å². The Balaban J connectivity index is 0.00000162. The highest BCUT2D eigenvalue weighted by Gasteiger charge is 2.48. The maximum atomic E-state index is 12.0. The quantitative estimate of drug-likeness (QED) is 0.677. The van der Waals surface area contributed by atoms with Gasteiger partial charge in [0.25, 0.3) is 0 Å². The van der Waals surface area contributed by atoms with Crippen LogP contribution in [0.2, 0.25) is 0 Å². The molecule has 2 rings (SSSR count). The van der Waals surface area contributed by atoms with Gasteiger partial charge in [-0.1, -0.05) is 0 Å². The average molecular weight is 276 g/mol. The first-order valence-electron chi connectivity index (χ1n) is 6.37. The lowest BCUT2D eigenvalue weighted by molar-refractivity contribution is -0.127. The molecule has 2 bridgehead atoms. The Hall–Kier alpha value is -0.810. The minimum absolute atomic E-state index is 0. The molecule has 18 heavy (non-hydrogen) atoms. The molecule has 2 saturated carbocycles. The van der Waals surface area contributed by atoms with E-state index < -0.39 is 0 Å². The van der Waals surface area contributed by atoms with Crippen LogP contribution >= 0.6 is 12.4 Å². The van der Waals surface area contributed by atoms with Crippen molar-refractivity contribution in [3.05, 3.63) is 0 Å². The lowest BCUT2D eigenvalue weighted by Gasteiger charge is -2.26. The number of rotatable bonds is 4. The molecule has 0 radical (unpaired) electrons. The van der Waals surface area contributed by atoms with Crippen molar-refractivity contribution in [3.63, 3.8) is 0 Å². The van der Waals surface area contributed by atoms with Crippen molar-refractivity contribution in [2.75, 3.05) is 13.6 Å². The van der Waals surface area contributed by atoms with Gasteiger partial charge in [0.15, 0.2) is 0 Å². The molecule has 0 saturated heterocycles. The highest BCUT2D eigenvalue weighted by Crippen LogP contribution is 2.47. The predicted octanol–water partition coefficient (Wildman–Crippen LogP) is 0.0339. The molecule has 0 aliphatic heterocycles. The van der Waals surface area contributed by atoms with Gasteiger partial charge in [-0.25, -0.2) is 0 Å². The molecule has 0 aromatic rings. The summed E-state index contributed by atoms with van der Waals surface area (Å²) in [5.74, 6) is 0.958. The summed E-state index contributed by atoms with van der Waals surface area (Å²) >= 11 is 0. The van der Waals surface area contributed by atoms with Gasteiger partial charge < -0.3 is 16.4 Å². The minimum atomic E-state index is -0.0532. The molecule has 4 atom stereocenters. The topological polar surface area (TPSA) is 84.2 Å². The zero-order valence-corrected chi connectivity index (χ0v) is 11.5. The van der Waals surface area contributed by atoms with Crippen molar-refractivity contribution in [2.45, 2.75) is 31.7 Å². The monoisotopic (exact) mass is 275 g/mol. The molecule has 0 aromatic heterocycles. The third-order valence-corrected chi connectivity index (χ3v) is 4.21. The summed E-state index contributed by atoms with van der Waals surface area (Å²) in [7, 11) is 1.59. The summed E-state index contributed by atoms with van der Waals surface area (Å²) in [6.07, 6.45) is 3.74. The maximum absolute atomic E-state index is 12.0. The number of fused-ring (bicyclic) bond motifs is 2. The molecular formula is C12H22ClN3O2. The van der Waals surface area contributed by atoms with Crippen LogP contribution in [0.25, 0.3) is 0 Å². The summed E-state index contributed by atoms with van der Waals surface area (Å²) in [6, 6.07) is 0.0220. The second kappa shape index (κ2) is 6.38. The standard InChI is InChI=1S/C12H21N3O2.ClH/c1-14-9(16)4-5-15-12(17)10-7-2-3-8(6-7)11(10)13;/h7-8,10-11H,2-6,13H2,1H3,(H,14,16)(H,15,17);1H. The number of amides is 2. The summed E-state index contributed by atoms with van der Waals surface area (Å²) in [5.41, 5.74) is 6.08. The van der Waals surface area contributed by atoms with Crippen molar-refractivity contribution in [1.29, 1.82) is 0 Å². The first-order chi connectivity index (χ1) is 8.13. The summed E-state index contributed by atoms with van der Waals surface area (Å²) in [5, 5.41) is 5.35. The Morgan fingerprint density at radius 2 is 1.94 bits per heavy atom. The molecule has 104 valence electrons. The Labute approximate surface area is 114 Å². The molecule has 2 aliphatic rings. The number of nitrogens with one attached hydrogen (secondary N) is 2. The van der Waals surface area contributed by atoms with E-state index in [1.54, 1.807) is 7.05 Å². The highest BCUT2D eigenvalue weighted by molar-refractivity contribution is 5.85. The number of hydrogen-bond donors (Lipinski definition) is 3. The number of hydrogen-bond acceptors (Lipinski definition) is 3. The second-order valence-electron chi connectivity index (χ2n) is 5.15. The van der Waals surface area contributed by atoms with E-state index in [4.69, 9.17) is 5.73 Å². The van der Waals surface area contributed by atoms with Gasteiger partial charge in [-0.05, 0) is 31.1 Å². The molecule has 0 aromatic carbocycles. The van der Waals surface area contributed by atoms with Crippen molar-refractivity contribution in [3.8, 4) is 0 Å². The first-order valence-corrected chi connectivity index (χ1v) is 6.37. The Kier molecular flexibility index (Phi) is 5.41. The van der Waals surface area contributed by atoms with E-state index in [2.05, 4.69) is 10.6 Å². The molecule has 2 fully saturated rings. The van der Waals surface area contributed by atoms with Crippen LogP contribution < -0.4 is 16.4 Å². The van der Waals surface area contributed by atoms with Gasteiger partial charge in [-0.2, -0.15) is 0 Å². The Morgan fingerprint density at radius 3 is 2.50 bits per heavy atom. The van der Waals surface area contributed by atoms with Crippen molar-refractivity contribution >= 4 is 24.2 Å². The van der Waals surface area contributed by atoms with E-state index in [0.717, 1.165) is 12.8 Å². The molecule has 4 unspecified atom stereocenters. The molecule has 6 heteroatoms. The lowest BCUT2D eigenvalue weighted by Crippen LogP contribution is -2.45. The zero-order chi connectivity index (χ0) is 12.4. The molecule has 0 spiro atoms. The fraction of sp³-hybridized carbons (Fsp3) is 0.833. The van der Waals surface area contributed by atoms with Gasteiger partial charge in [0.2, 0.25) is 11.8 Å². The number of carbonyl (C=O) groups is 2. The van der Waals surface area contributed by atoms with Gasteiger partial charge in [-0.15, -0.1) is 12.4 Å². The van der Waals surface area contributed by atoms with Crippen molar-refractivity contribution in [1.82, 2.24) is 10.6 Å². The van der Waals surface area contributed by atoms with Crippen LogP contribution in [-0.2, 0) is 9.59 Å². The van der Waals surface area contributed by atoms with Crippen LogP contribution in [0.4, 0.5) is 0 Å². The fourth-order valence-electron chi connectivity index (χ4n) is 3.27. The van der Waals surface area contributed by atoms with Crippen LogP contribution in [0.15, 0.2) is 0 Å². The third kappa shape index (κ3) is 2.95. The number of nitrogens with two attached hydrogens (primary N) is 1. The molecule has 2 amide bonds. The van der Waals surface area contributed by atoms with Gasteiger partial charge in [0, 0.05) is 26.1 Å². The molecule has 0 heterocycles. The van der Waals surface area contributed by atoms with Gasteiger partial charge >= 0.3 is 0 Å². The van der Waals surface area contributed by atoms with Crippen LogP contribution in [-0.4, -0.2) is 31.4 Å². The minimum Gasteiger partial charge on any atom is -0.359 e. The summed E-state index contributed by atoms with van der Waals surface area (Å²) < 4.78 is 0. The van der Waals surface area contributed by atoms with Crippen LogP contribution in [0, 0.1) is 17.8 Å². The molecular weight excluding hydrogens is 254 g/mol. The molecule has 2 aliphatic carbocycles. The Bertz CT molecular complexity index is 322. The van der Waals surface area contributed by atoms with Crippen LogP contribution in [0.5, 0.6) is 0 Å². The van der Waals surface area contributed by atoms with E-state index >= 15 is 0 Å². The predicted molar refractivity (Wildman–Crippen MR) is 71.2 cm³/mol. The van der Waals surface area contributed by atoms with E-state index in [-0.39, 0.29) is 36.2 Å². The number of halogens is 1. The molecule has 5 nitrogen and oxygen atoms in total. The smallest absolute Gasteiger partial charge is 0.224 e. The summed E-state index contributed by atoms with van der Waals surface area (Å²) in [4.78, 5) is 23.0. The third-order valence-electron chi connectivity index (χ3n) is 4.21. The van der Waals surface area contributed by atoms with E-state index in [9.17, 15) is 9.59 Å². The lowest BCUT2D eigenvalue weighted by atomic mass is 9.84. The van der Waals surface area contributed by atoms with E-state index in [1.807, 2.05) is 0 Å². The normalized spacial score (nSPS) is 32.8. The van der Waals surface area contributed by atoms with Crippen molar-refractivity contribution in [2.24, 2.45) is 23.5 Å². The van der Waals surface area contributed by atoms with Crippen molar-refractivity contribution < 1.29 is 9.59 Å². The fourth-order valence-corrected chi connectivity index (χ4v) is 3.27. The summed E-state index contributed by atoms with van der Waals surface area (Å²) in [6.45, 7) is 0.402. The average Bonchev–Trinajstić information content (AvgIpc) is 2.88. The van der Waals surface area contributed by atoms with Crippen LogP contribution in [0.3, 0.4) is 0 Å². The highest BCUT2D eigenvalue weighted by atomic mass is 35.5. The molecule has 4 N–H and O–H groups in total. The van der Waals surface area contributed by atoms with Gasteiger partial charge in [0.05, 0.1) is 5.92 Å². The zero-order valence-electron chi connectivity index (χ0n) is 10.6. The van der Waals surface area contributed by atoms with E-state index in [1.165, 1.54) is 6.42 Å². The second-order valence-corrected chi connectivity index (χ2v) is 5.15. The number of carbonyl (C=O) groups excluding carboxylic acids is 2. The van der Waals surface area contributed by atoms with Gasteiger partial charge in [-0.3, -0.25) is 9.59 Å².